The van der Waals surface area contributed by atoms with Gasteiger partial charge in [0.15, 0.2) is 0 Å². The van der Waals surface area contributed by atoms with Crippen molar-refractivity contribution in [1.82, 2.24) is 10.2 Å². The summed E-state index contributed by atoms with van der Waals surface area (Å²) in [5.74, 6) is 1.22. The third-order valence-electron chi connectivity index (χ3n) is 9.62. The van der Waals surface area contributed by atoms with Crippen molar-refractivity contribution in [2.75, 3.05) is 60.9 Å². The van der Waals surface area contributed by atoms with Crippen LogP contribution in [0.1, 0.15) is 46.8 Å². The zero-order chi connectivity index (χ0) is 29.9. The van der Waals surface area contributed by atoms with Crippen LogP contribution in [0.15, 0.2) is 66.7 Å². The van der Waals surface area contributed by atoms with Gasteiger partial charge in [-0.3, -0.25) is 9.69 Å². The predicted molar refractivity (Wildman–Crippen MR) is 190 cm³/mol. The number of piperidine rings is 1. The number of carbonyl (C=O) groups excluding carboxylic acids is 1. The average Bonchev–Trinajstić information content (AvgIpc) is 2.96. The fourth-order valence-corrected chi connectivity index (χ4v) is 6.18. The van der Waals surface area contributed by atoms with Gasteiger partial charge in [-0.15, -0.1) is 34.0 Å². The van der Waals surface area contributed by atoms with E-state index in [2.05, 4.69) is 63.5 Å². The highest BCUT2D eigenvalue weighted by Gasteiger charge is 2.34. The van der Waals surface area contributed by atoms with Gasteiger partial charge in [0.25, 0.3) is 5.91 Å². The standard InChI is InChI=1S/C36H47FN4O.2BrH/c1-27-25-39(16-19-41(27,4)5)26-31-9-7-10-32(22-31)34-23-30(12-13-35(34)37)24-38-36(42)33-11-6-8-29(21-33)20-28-14-17-40(2,3)18-15-28;;/h6-13,21-23,27H,14-20,24-26H2,1-5H3;2*1H/q+2;;/p+1/t27-;;/m0../s1. The van der Waals surface area contributed by atoms with Gasteiger partial charge in [-0.2, -0.15) is 0 Å². The minimum Gasteiger partial charge on any atom is -0.348 e. The van der Waals surface area contributed by atoms with E-state index in [9.17, 15) is 4.79 Å². The van der Waals surface area contributed by atoms with Crippen LogP contribution in [-0.4, -0.2) is 86.7 Å². The second kappa shape index (κ2) is 15.4. The fourth-order valence-electron chi connectivity index (χ4n) is 6.18. The molecule has 1 amide bonds. The summed E-state index contributed by atoms with van der Waals surface area (Å²) in [7, 11) is 9.18. The van der Waals surface area contributed by atoms with Gasteiger partial charge in [-0.1, -0.05) is 36.4 Å². The zero-order valence-electron chi connectivity index (χ0n) is 26.9. The Balaban J connectivity index is 0.00000264. The number of quaternary nitrogens is 2. The summed E-state index contributed by atoms with van der Waals surface area (Å²) < 4.78 is 17.2. The van der Waals surface area contributed by atoms with Gasteiger partial charge in [-0.25, -0.2) is 4.39 Å². The second-order valence-corrected chi connectivity index (χ2v) is 13.8. The Hall–Kier alpha value is -2.23. The third-order valence-corrected chi connectivity index (χ3v) is 9.62. The van der Waals surface area contributed by atoms with Crippen LogP contribution in [0.25, 0.3) is 11.1 Å². The maximum absolute atomic E-state index is 15.0. The van der Waals surface area contributed by atoms with Crippen molar-refractivity contribution in [2.24, 2.45) is 0 Å². The van der Waals surface area contributed by atoms with Crippen LogP contribution in [0.3, 0.4) is 0 Å². The third kappa shape index (κ3) is 9.39. The summed E-state index contributed by atoms with van der Waals surface area (Å²) in [6.45, 7) is 9.13. The number of halogens is 3. The first kappa shape index (κ1) is 36.2. The van der Waals surface area contributed by atoms with Crippen LogP contribution in [0.4, 0.5) is 4.39 Å². The van der Waals surface area contributed by atoms with E-state index in [1.165, 1.54) is 30.3 Å². The van der Waals surface area contributed by atoms with Gasteiger partial charge < -0.3 is 14.3 Å². The summed E-state index contributed by atoms with van der Waals surface area (Å²) >= 11 is 0. The lowest BCUT2D eigenvalue weighted by Gasteiger charge is -2.44. The highest BCUT2D eigenvalue weighted by Crippen LogP contribution is 2.28. The quantitative estimate of drug-likeness (QED) is 0.203. The van der Waals surface area contributed by atoms with E-state index in [-0.39, 0.29) is 45.7 Å². The molecular formula is C36H50Br2FN4O+3. The topological polar surface area (TPSA) is 32.3 Å². The van der Waals surface area contributed by atoms with Crippen molar-refractivity contribution in [3.05, 3.63) is 101 Å². The normalized spacial score (nSPS) is 19.4. The van der Waals surface area contributed by atoms with E-state index >= 15 is 4.39 Å². The number of piperazine rings is 1. The summed E-state index contributed by atoms with van der Waals surface area (Å²) in [5.41, 5.74) is 5.37. The molecule has 1 atom stereocenters. The molecular weight excluding hydrogens is 683 g/mol. The van der Waals surface area contributed by atoms with Gasteiger partial charge in [-0.05, 0) is 59.5 Å². The number of likely N-dealkylation sites (tertiary alicyclic amines) is 1. The van der Waals surface area contributed by atoms with Crippen molar-refractivity contribution in [1.29, 1.82) is 0 Å². The van der Waals surface area contributed by atoms with Gasteiger partial charge in [0.2, 0.25) is 0 Å². The molecule has 44 heavy (non-hydrogen) atoms. The van der Waals surface area contributed by atoms with Crippen molar-refractivity contribution in [3.8, 4) is 11.1 Å². The highest BCUT2D eigenvalue weighted by molar-refractivity contribution is 8.93. The lowest BCUT2D eigenvalue weighted by atomic mass is 9.89. The summed E-state index contributed by atoms with van der Waals surface area (Å²) in [4.78, 5) is 15.6. The maximum Gasteiger partial charge on any atom is 0.251 e. The summed E-state index contributed by atoms with van der Waals surface area (Å²) in [6, 6.07) is 21.9. The number of likely N-dealkylation sites (N-methyl/N-ethyl adjacent to an activating group) is 1. The van der Waals surface area contributed by atoms with Crippen LogP contribution in [-0.2, 0) is 19.5 Å². The van der Waals surface area contributed by atoms with Crippen molar-refractivity contribution >= 4 is 39.9 Å². The smallest absolute Gasteiger partial charge is 0.251 e. The van der Waals surface area contributed by atoms with Crippen LogP contribution < -0.4 is 5.32 Å². The maximum atomic E-state index is 15.0. The average molecular weight is 734 g/mol. The Morgan fingerprint density at radius 3 is 2.34 bits per heavy atom. The molecule has 2 heterocycles. The van der Waals surface area contributed by atoms with E-state index in [0.29, 0.717) is 23.7 Å². The molecule has 2 fully saturated rings. The number of hydrogen-bond acceptors (Lipinski definition) is 2. The van der Waals surface area contributed by atoms with Crippen molar-refractivity contribution in [3.63, 3.8) is 0 Å². The molecule has 5 rings (SSSR count). The molecule has 2 saturated heterocycles. The largest absolute Gasteiger partial charge is 0.348 e. The Labute approximate surface area is 285 Å². The summed E-state index contributed by atoms with van der Waals surface area (Å²) in [6.07, 6.45) is 3.23. The number of nitrogens with zero attached hydrogens (tertiary/aromatic N) is 3. The first-order valence-electron chi connectivity index (χ1n) is 15.4. The molecule has 3 aromatic rings. The summed E-state index contributed by atoms with van der Waals surface area (Å²) in [5, 5.41) is 3.05. The van der Waals surface area contributed by atoms with Crippen molar-refractivity contribution < 1.29 is 18.2 Å². The molecule has 238 valence electrons. The minimum absolute atomic E-state index is 0. The number of carbonyl (C=O) groups is 1. The molecule has 0 radical (unpaired) electrons. The molecule has 0 saturated carbocycles. The highest BCUT2D eigenvalue weighted by atomic mass is 79.9. The van der Waals surface area contributed by atoms with Crippen LogP contribution in [0.2, 0.25) is 0 Å². The van der Waals surface area contributed by atoms with E-state index < -0.39 is 0 Å². The van der Waals surface area contributed by atoms with Gasteiger partial charge in [0, 0.05) is 30.8 Å². The monoisotopic (exact) mass is 731 g/mol. The fraction of sp³-hybridized carbons (Fsp3) is 0.444. The number of benzene rings is 3. The van der Waals surface area contributed by atoms with Gasteiger partial charge in [0.05, 0.1) is 47.3 Å². The van der Waals surface area contributed by atoms with Crippen LogP contribution >= 0.6 is 34.0 Å². The molecule has 0 aliphatic carbocycles. The van der Waals surface area contributed by atoms with E-state index in [0.717, 1.165) is 65.5 Å². The Kier molecular flexibility index (Phi) is 12.7. The molecule has 8 heteroatoms. The Morgan fingerprint density at radius 1 is 0.909 bits per heavy atom. The molecule has 2 aliphatic heterocycles. The van der Waals surface area contributed by atoms with E-state index in [4.69, 9.17) is 0 Å². The SMILES string of the molecule is Br.Br.C[C@H]1CN(Cc2cccc(-c3cc(CNC(=O)c4cccc(C[C+]5CC[N+](C)(C)CC5)c4)ccc3F)c2)CC[N+]1(C)C. The van der Waals surface area contributed by atoms with E-state index in [1.807, 2.05) is 36.4 Å². The van der Waals surface area contributed by atoms with Crippen LogP contribution in [0.5, 0.6) is 0 Å². The molecule has 5 nitrogen and oxygen atoms in total. The molecule has 3 aromatic carbocycles. The lowest BCUT2D eigenvalue weighted by molar-refractivity contribution is -0.917. The predicted octanol–water partition coefficient (Wildman–Crippen LogP) is 6.85. The number of nitrogens with one attached hydrogen (secondary N) is 1. The van der Waals surface area contributed by atoms with Crippen molar-refractivity contribution in [2.45, 2.75) is 45.3 Å². The molecule has 0 aromatic heterocycles. The Bertz CT molecular complexity index is 1400. The molecule has 0 bridgehead atoms. The zero-order valence-corrected chi connectivity index (χ0v) is 30.4. The molecule has 1 N–H and O–H groups in total. The van der Waals surface area contributed by atoms with Crippen LogP contribution in [0, 0.1) is 11.7 Å². The first-order valence-corrected chi connectivity index (χ1v) is 15.4. The van der Waals surface area contributed by atoms with Gasteiger partial charge >= 0.3 is 0 Å². The number of hydrogen-bond donors (Lipinski definition) is 1. The Morgan fingerprint density at radius 2 is 1.61 bits per heavy atom. The number of rotatable bonds is 8. The second-order valence-electron chi connectivity index (χ2n) is 13.8. The van der Waals surface area contributed by atoms with Gasteiger partial charge in [0.1, 0.15) is 44.1 Å². The molecule has 2 aliphatic rings. The first-order chi connectivity index (χ1) is 20.0. The molecule has 0 spiro atoms. The minimum atomic E-state index is -0.247. The van der Waals surface area contributed by atoms with E-state index in [1.54, 1.807) is 12.0 Å². The lowest BCUT2D eigenvalue weighted by Crippen LogP contribution is -2.59. The molecule has 0 unspecified atom stereocenters. The number of amides is 1.